The highest BCUT2D eigenvalue weighted by atomic mass is 35.5. The van der Waals surface area contributed by atoms with E-state index in [-0.39, 0.29) is 29.5 Å². The summed E-state index contributed by atoms with van der Waals surface area (Å²) in [5.41, 5.74) is 3.63. The van der Waals surface area contributed by atoms with Gasteiger partial charge in [0.1, 0.15) is 12.4 Å². The van der Waals surface area contributed by atoms with E-state index >= 15 is 0 Å². The number of aryl methyl sites for hydroxylation is 2. The first-order valence-electron chi connectivity index (χ1n) is 8.62. The van der Waals surface area contributed by atoms with Gasteiger partial charge >= 0.3 is 5.97 Å². The lowest BCUT2D eigenvalue weighted by molar-refractivity contribution is -0.136. The highest BCUT2D eigenvalue weighted by Gasteiger charge is 2.44. The molecule has 0 unspecified atom stereocenters. The number of anilines is 1. The molecule has 1 amide bonds. The maximum atomic E-state index is 14.5. The third kappa shape index (κ3) is 2.92. The first-order valence-corrected chi connectivity index (χ1v) is 9.00. The molecule has 0 N–H and O–H groups in total. The van der Waals surface area contributed by atoms with Gasteiger partial charge in [-0.1, -0.05) is 23.7 Å². The van der Waals surface area contributed by atoms with Gasteiger partial charge in [0.05, 0.1) is 11.3 Å². The van der Waals surface area contributed by atoms with Gasteiger partial charge in [0.15, 0.2) is 0 Å². The summed E-state index contributed by atoms with van der Waals surface area (Å²) in [6.45, 7) is 3.87. The van der Waals surface area contributed by atoms with Crippen molar-refractivity contribution in [2.45, 2.75) is 26.2 Å². The molecule has 27 heavy (non-hydrogen) atoms. The van der Waals surface area contributed by atoms with Crippen molar-refractivity contribution in [2.75, 3.05) is 11.5 Å². The number of halogens is 2. The number of cyclic esters (lactones) is 1. The summed E-state index contributed by atoms with van der Waals surface area (Å²) in [7, 11) is 0. The van der Waals surface area contributed by atoms with Crippen LogP contribution in [-0.2, 0) is 14.3 Å². The molecule has 4 nitrogen and oxygen atoms in total. The van der Waals surface area contributed by atoms with Gasteiger partial charge in [-0.3, -0.25) is 9.69 Å². The maximum Gasteiger partial charge on any atom is 0.336 e. The lowest BCUT2D eigenvalue weighted by Crippen LogP contribution is -2.37. The van der Waals surface area contributed by atoms with Crippen molar-refractivity contribution in [1.82, 2.24) is 0 Å². The molecule has 4 rings (SSSR count). The van der Waals surface area contributed by atoms with Crippen LogP contribution in [0.25, 0.3) is 0 Å². The Kier molecular flexibility index (Phi) is 4.27. The number of nitrogens with zero attached hydrogens (tertiary/aromatic N) is 1. The highest BCUT2D eigenvalue weighted by Crippen LogP contribution is 2.44. The second-order valence-corrected chi connectivity index (χ2v) is 7.31. The largest absolute Gasteiger partial charge is 0.456 e. The van der Waals surface area contributed by atoms with Gasteiger partial charge in [-0.15, -0.1) is 0 Å². The molecule has 0 spiro atoms. The van der Waals surface area contributed by atoms with Crippen LogP contribution in [0.15, 0.2) is 47.7 Å². The Morgan fingerprint density at radius 1 is 1.15 bits per heavy atom. The first kappa shape index (κ1) is 17.7. The summed E-state index contributed by atoms with van der Waals surface area (Å²) in [6.07, 6.45) is -0.0540. The molecule has 6 heteroatoms. The molecule has 0 bridgehead atoms. The Morgan fingerprint density at radius 3 is 2.52 bits per heavy atom. The van der Waals surface area contributed by atoms with Crippen LogP contribution >= 0.6 is 11.6 Å². The monoisotopic (exact) mass is 385 g/mol. The number of carbonyl (C=O) groups excluding carboxylic acids is 2. The molecular formula is C21H17ClFNO3. The van der Waals surface area contributed by atoms with Crippen molar-refractivity contribution < 1.29 is 18.7 Å². The molecule has 2 aliphatic rings. The topological polar surface area (TPSA) is 46.6 Å². The fourth-order valence-electron chi connectivity index (χ4n) is 3.92. The number of rotatable bonds is 2. The molecule has 2 heterocycles. The fourth-order valence-corrected chi connectivity index (χ4v) is 4.22. The Bertz CT molecular complexity index is 974. The van der Waals surface area contributed by atoms with Crippen molar-refractivity contribution in [3.05, 3.63) is 75.2 Å². The Balaban J connectivity index is 1.89. The van der Waals surface area contributed by atoms with Crippen LogP contribution in [0.1, 0.15) is 29.0 Å². The summed E-state index contributed by atoms with van der Waals surface area (Å²) < 4.78 is 19.7. The Labute approximate surface area is 161 Å². The molecule has 2 aliphatic heterocycles. The van der Waals surface area contributed by atoms with E-state index in [1.165, 1.54) is 17.0 Å². The van der Waals surface area contributed by atoms with Crippen LogP contribution in [0.3, 0.4) is 0 Å². The molecule has 0 fully saturated rings. The van der Waals surface area contributed by atoms with E-state index in [0.29, 0.717) is 17.0 Å². The van der Waals surface area contributed by atoms with Crippen molar-refractivity contribution in [2.24, 2.45) is 0 Å². The predicted octanol–water partition coefficient (Wildman–Crippen LogP) is 4.43. The van der Waals surface area contributed by atoms with E-state index in [1.807, 2.05) is 32.0 Å². The quantitative estimate of drug-likeness (QED) is 0.718. The number of carbonyl (C=O) groups is 2. The second-order valence-electron chi connectivity index (χ2n) is 6.90. The molecule has 0 saturated carbocycles. The van der Waals surface area contributed by atoms with Crippen molar-refractivity contribution in [3.8, 4) is 0 Å². The summed E-state index contributed by atoms with van der Waals surface area (Å²) in [6, 6.07) is 10.1. The minimum Gasteiger partial charge on any atom is -0.456 e. The van der Waals surface area contributed by atoms with E-state index in [0.717, 1.165) is 11.1 Å². The van der Waals surface area contributed by atoms with Gasteiger partial charge in [0, 0.05) is 28.6 Å². The van der Waals surface area contributed by atoms with Crippen LogP contribution in [0.4, 0.5) is 10.1 Å². The highest BCUT2D eigenvalue weighted by molar-refractivity contribution is 6.31. The number of ether oxygens (including phenoxy) is 1. The molecule has 0 aromatic heterocycles. The van der Waals surface area contributed by atoms with Gasteiger partial charge < -0.3 is 4.74 Å². The normalized spacial score (nSPS) is 19.4. The molecule has 2 aromatic rings. The smallest absolute Gasteiger partial charge is 0.336 e. The summed E-state index contributed by atoms with van der Waals surface area (Å²) in [5, 5.41) is 0.194. The molecule has 1 atom stereocenters. The number of amides is 1. The van der Waals surface area contributed by atoms with E-state index in [1.54, 1.807) is 6.07 Å². The van der Waals surface area contributed by atoms with Gasteiger partial charge in [0.2, 0.25) is 5.91 Å². The minimum absolute atomic E-state index is 0.0184. The first-order chi connectivity index (χ1) is 12.9. The van der Waals surface area contributed by atoms with E-state index in [9.17, 15) is 14.0 Å². The van der Waals surface area contributed by atoms with Crippen LogP contribution in [-0.4, -0.2) is 18.5 Å². The fraction of sp³-hybridized carbons (Fsp3) is 0.238. The number of benzene rings is 2. The van der Waals surface area contributed by atoms with Gasteiger partial charge in [0.25, 0.3) is 0 Å². The maximum absolute atomic E-state index is 14.5. The molecule has 0 aliphatic carbocycles. The minimum atomic E-state index is -0.752. The molecule has 0 radical (unpaired) electrons. The van der Waals surface area contributed by atoms with E-state index < -0.39 is 17.7 Å². The van der Waals surface area contributed by atoms with Crippen molar-refractivity contribution in [1.29, 1.82) is 0 Å². The third-order valence-corrected chi connectivity index (χ3v) is 5.26. The summed E-state index contributed by atoms with van der Waals surface area (Å²) >= 11 is 6.20. The van der Waals surface area contributed by atoms with Gasteiger partial charge in [-0.25, -0.2) is 9.18 Å². The molecule has 2 aromatic carbocycles. The van der Waals surface area contributed by atoms with Crippen molar-refractivity contribution in [3.63, 3.8) is 0 Å². The zero-order chi connectivity index (χ0) is 19.3. The lowest BCUT2D eigenvalue weighted by atomic mass is 9.83. The zero-order valence-corrected chi connectivity index (χ0v) is 15.6. The third-order valence-electron chi connectivity index (χ3n) is 4.93. The average molecular weight is 386 g/mol. The van der Waals surface area contributed by atoms with Gasteiger partial charge in [-0.05, 0) is 49.2 Å². The van der Waals surface area contributed by atoms with Crippen LogP contribution < -0.4 is 4.90 Å². The number of hydrogen-bond donors (Lipinski definition) is 0. The predicted molar refractivity (Wildman–Crippen MR) is 100 cm³/mol. The lowest BCUT2D eigenvalue weighted by Gasteiger charge is -2.32. The second kappa shape index (κ2) is 6.50. The average Bonchev–Trinajstić information content (AvgIpc) is 2.95. The summed E-state index contributed by atoms with van der Waals surface area (Å²) in [5.74, 6) is -2.04. The molecule has 0 saturated heterocycles. The summed E-state index contributed by atoms with van der Waals surface area (Å²) in [4.78, 5) is 27.0. The SMILES string of the molecule is Cc1cc(C)cc(N2C(=O)C[C@@H](c3c(F)cccc3Cl)C3=C2COC3=O)c1. The Morgan fingerprint density at radius 2 is 1.85 bits per heavy atom. The zero-order valence-electron chi connectivity index (χ0n) is 14.9. The van der Waals surface area contributed by atoms with Crippen LogP contribution in [0.5, 0.6) is 0 Å². The molecular weight excluding hydrogens is 369 g/mol. The molecule has 138 valence electrons. The van der Waals surface area contributed by atoms with Crippen LogP contribution in [0, 0.1) is 19.7 Å². The van der Waals surface area contributed by atoms with E-state index in [4.69, 9.17) is 16.3 Å². The van der Waals surface area contributed by atoms with Gasteiger partial charge in [-0.2, -0.15) is 0 Å². The van der Waals surface area contributed by atoms with E-state index in [2.05, 4.69) is 0 Å². The standard InChI is InChI=1S/C21H17ClFNO3/c1-11-6-12(2)8-13(7-11)24-17-10-27-21(26)20(17)14(9-18(24)25)19-15(22)4-3-5-16(19)23/h3-8,14H,9-10H2,1-2H3/t14-/m0/s1. The number of hydrogen-bond acceptors (Lipinski definition) is 3. The van der Waals surface area contributed by atoms with Crippen LogP contribution in [0.2, 0.25) is 5.02 Å². The Hall–Kier alpha value is -2.66. The van der Waals surface area contributed by atoms with Crippen molar-refractivity contribution >= 4 is 29.2 Å². The number of esters is 1.